The molecule has 59 heavy (non-hydrogen) atoms. The van der Waals surface area contributed by atoms with Crippen LogP contribution in [0.5, 0.6) is 0 Å². The molecular formula is C46H40Cl5N5O3. The van der Waals surface area contributed by atoms with Crippen LogP contribution in [0.15, 0.2) is 94.0 Å². The Morgan fingerprint density at radius 3 is 1.98 bits per heavy atom. The van der Waals surface area contributed by atoms with Gasteiger partial charge in [-0.15, -0.1) is 11.6 Å². The van der Waals surface area contributed by atoms with Crippen LogP contribution < -0.4 is 10.6 Å². The van der Waals surface area contributed by atoms with Crippen molar-refractivity contribution in [1.82, 2.24) is 20.5 Å². The van der Waals surface area contributed by atoms with Gasteiger partial charge in [0.2, 0.25) is 0 Å². The van der Waals surface area contributed by atoms with Crippen molar-refractivity contribution >= 4 is 69.7 Å². The molecular weight excluding hydrogens is 848 g/mol. The summed E-state index contributed by atoms with van der Waals surface area (Å²) in [6.45, 7) is 0.566. The minimum Gasteiger partial charge on any atom is -0.360 e. The SMILES string of the molecule is O=C(Nc1cccc(-c2ccccc2)c1)N1C2CCC1CC(NCc1c(-c3c(Cl)cc(C4CC4c4onc(-c5c(Cl)cccc5Cl)c4CCl)cc3Cl)noc1C1CC1)C2. The van der Waals surface area contributed by atoms with Crippen LogP contribution in [0.2, 0.25) is 20.1 Å². The van der Waals surface area contributed by atoms with E-state index < -0.39 is 0 Å². The van der Waals surface area contributed by atoms with E-state index in [-0.39, 0.29) is 41.9 Å². The third-order valence-electron chi connectivity index (χ3n) is 12.5. The third-order valence-corrected chi connectivity index (χ3v) is 14.0. The lowest BCUT2D eigenvalue weighted by Crippen LogP contribution is -2.52. The number of alkyl halides is 1. The lowest BCUT2D eigenvalue weighted by molar-refractivity contribution is 0.141. The first-order chi connectivity index (χ1) is 28.7. The van der Waals surface area contributed by atoms with Crippen molar-refractivity contribution in [3.8, 4) is 33.6 Å². The van der Waals surface area contributed by atoms with Crippen LogP contribution in [0, 0.1) is 0 Å². The number of carbonyl (C=O) groups excluding carboxylic acids is 1. The predicted molar refractivity (Wildman–Crippen MR) is 235 cm³/mol. The monoisotopic (exact) mass is 885 g/mol. The van der Waals surface area contributed by atoms with Crippen LogP contribution in [-0.4, -0.2) is 39.4 Å². The lowest BCUT2D eigenvalue weighted by Gasteiger charge is -2.39. The van der Waals surface area contributed by atoms with E-state index in [9.17, 15) is 4.79 Å². The number of nitrogens with one attached hydrogen (secondary N) is 2. The second kappa shape index (κ2) is 16.1. The van der Waals surface area contributed by atoms with E-state index in [1.54, 1.807) is 18.2 Å². The van der Waals surface area contributed by atoms with Gasteiger partial charge in [0.25, 0.3) is 0 Å². The highest BCUT2D eigenvalue weighted by molar-refractivity contribution is 6.40. The number of fused-ring (bicyclic) bond motifs is 2. The second-order valence-electron chi connectivity index (χ2n) is 16.3. The van der Waals surface area contributed by atoms with Crippen LogP contribution in [-0.2, 0) is 12.4 Å². The van der Waals surface area contributed by atoms with Crippen molar-refractivity contribution in [2.45, 2.75) is 93.2 Å². The van der Waals surface area contributed by atoms with E-state index in [4.69, 9.17) is 67.1 Å². The largest absolute Gasteiger partial charge is 0.360 e. The molecule has 2 amide bonds. The Labute approximate surface area is 367 Å². The Bertz CT molecular complexity index is 2500. The number of anilines is 1. The number of urea groups is 1. The van der Waals surface area contributed by atoms with Gasteiger partial charge in [0.1, 0.15) is 22.9 Å². The predicted octanol–water partition coefficient (Wildman–Crippen LogP) is 13.5. The van der Waals surface area contributed by atoms with E-state index in [0.717, 1.165) is 90.0 Å². The van der Waals surface area contributed by atoms with Crippen LogP contribution in [0.1, 0.15) is 90.9 Å². The van der Waals surface area contributed by atoms with Crippen molar-refractivity contribution < 1.29 is 13.8 Å². The Hall–Kier alpha value is -4.02. The Morgan fingerprint density at radius 2 is 1.31 bits per heavy atom. The number of hydrogen-bond acceptors (Lipinski definition) is 6. The molecule has 4 fully saturated rings. The molecule has 2 saturated carbocycles. The molecule has 4 heterocycles. The molecule has 2 aromatic heterocycles. The van der Waals surface area contributed by atoms with Crippen molar-refractivity contribution in [2.24, 2.45) is 0 Å². The summed E-state index contributed by atoms with van der Waals surface area (Å²) in [7, 11) is 0. The standard InChI is InChI=1S/C46H40Cl5N5O3/c47-22-34-42(40-36(48)10-5-11-37(40)49)54-59-45(34)33-21-32(33)27-17-38(50)41(39(51)18-27)43-35(44(58-55-43)25-12-13-25)23-52-29-19-30-14-15-31(20-29)56(30)46(57)53-28-9-4-8-26(16-28)24-6-2-1-3-7-24/h1-11,16-18,25,29-33,52H,12-15,19-23H2,(H,53,57). The van der Waals surface area contributed by atoms with Gasteiger partial charge in [-0.25, -0.2) is 4.79 Å². The lowest BCUT2D eigenvalue weighted by atomic mass is 9.96. The molecule has 13 heteroatoms. The van der Waals surface area contributed by atoms with Crippen LogP contribution in [0.4, 0.5) is 10.5 Å². The fourth-order valence-electron chi connectivity index (χ4n) is 9.42. The molecule has 2 aliphatic heterocycles. The number of piperidine rings is 1. The van der Waals surface area contributed by atoms with Gasteiger partial charge in [0.15, 0.2) is 0 Å². The maximum atomic E-state index is 13.7. The first-order valence-electron chi connectivity index (χ1n) is 20.2. The van der Waals surface area contributed by atoms with Gasteiger partial charge in [-0.3, -0.25) is 0 Å². The van der Waals surface area contributed by atoms with E-state index in [2.05, 4.69) is 44.0 Å². The minimum absolute atomic E-state index is 0.0316. The summed E-state index contributed by atoms with van der Waals surface area (Å²) in [5.74, 6) is 2.33. The summed E-state index contributed by atoms with van der Waals surface area (Å²) in [4.78, 5) is 15.8. The van der Waals surface area contributed by atoms with E-state index >= 15 is 0 Å². The van der Waals surface area contributed by atoms with E-state index in [1.807, 2.05) is 48.5 Å². The molecule has 2 N–H and O–H groups in total. The molecule has 302 valence electrons. The number of hydrogen-bond donors (Lipinski definition) is 2. The Kier molecular flexibility index (Phi) is 10.7. The molecule has 2 aliphatic carbocycles. The minimum atomic E-state index is -0.0316. The highest BCUT2D eigenvalue weighted by Crippen LogP contribution is 2.58. The fourth-order valence-corrected chi connectivity index (χ4v) is 10.9. The summed E-state index contributed by atoms with van der Waals surface area (Å²) in [5, 5.41) is 18.0. The Morgan fingerprint density at radius 1 is 0.678 bits per heavy atom. The van der Waals surface area contributed by atoms with Gasteiger partial charge in [-0.05, 0) is 104 Å². The highest BCUT2D eigenvalue weighted by atomic mass is 35.5. The summed E-state index contributed by atoms with van der Waals surface area (Å²) in [5.41, 5.74) is 8.28. The number of aromatic nitrogens is 2. The topological polar surface area (TPSA) is 96.4 Å². The number of halogens is 5. The summed E-state index contributed by atoms with van der Waals surface area (Å²) < 4.78 is 12.0. The number of rotatable bonds is 11. The van der Waals surface area contributed by atoms with Crippen LogP contribution >= 0.6 is 58.0 Å². The van der Waals surface area contributed by atoms with Gasteiger partial charge in [-0.2, -0.15) is 0 Å². The maximum absolute atomic E-state index is 13.7. The molecule has 0 radical (unpaired) electrons. The highest BCUT2D eigenvalue weighted by Gasteiger charge is 2.46. The third kappa shape index (κ3) is 7.55. The van der Waals surface area contributed by atoms with Crippen molar-refractivity contribution in [3.63, 3.8) is 0 Å². The zero-order chi connectivity index (χ0) is 40.4. The smallest absolute Gasteiger partial charge is 0.322 e. The number of benzene rings is 4. The summed E-state index contributed by atoms with van der Waals surface area (Å²) in [6.07, 6.45) is 6.68. The molecule has 0 spiro atoms. The quantitative estimate of drug-likeness (QED) is 0.126. The van der Waals surface area contributed by atoms with Crippen LogP contribution in [0.25, 0.3) is 33.6 Å². The van der Waals surface area contributed by atoms with Crippen molar-refractivity contribution in [3.05, 3.63) is 133 Å². The Balaban J connectivity index is 0.830. The number of amides is 2. The maximum Gasteiger partial charge on any atom is 0.322 e. The normalized spacial score (nSPS) is 22.2. The molecule has 4 aliphatic rings. The molecule has 2 bridgehead atoms. The van der Waals surface area contributed by atoms with Crippen molar-refractivity contribution in [1.29, 1.82) is 0 Å². The molecule has 10 rings (SSSR count). The summed E-state index contributed by atoms with van der Waals surface area (Å²) in [6, 6.07) is 28.1. The van der Waals surface area contributed by atoms with E-state index in [0.29, 0.717) is 55.1 Å². The zero-order valence-corrected chi connectivity index (χ0v) is 35.6. The second-order valence-corrected chi connectivity index (χ2v) is 18.2. The average molecular weight is 888 g/mol. The molecule has 2 saturated heterocycles. The number of nitrogens with zero attached hydrogens (tertiary/aromatic N) is 3. The van der Waals surface area contributed by atoms with Gasteiger partial charge in [0, 0.05) is 64.4 Å². The molecule has 4 aromatic carbocycles. The fraction of sp³-hybridized carbons (Fsp3) is 0.326. The van der Waals surface area contributed by atoms with Gasteiger partial charge >= 0.3 is 6.03 Å². The van der Waals surface area contributed by atoms with Crippen molar-refractivity contribution in [2.75, 3.05) is 5.32 Å². The first-order valence-corrected chi connectivity index (χ1v) is 22.2. The van der Waals surface area contributed by atoms with E-state index in [1.165, 1.54) is 0 Å². The zero-order valence-electron chi connectivity index (χ0n) is 31.9. The average Bonchev–Trinajstić information content (AvgIpc) is 4.14. The molecule has 8 nitrogen and oxygen atoms in total. The van der Waals surface area contributed by atoms with Gasteiger partial charge in [0.05, 0.1) is 26.0 Å². The molecule has 4 unspecified atom stereocenters. The molecule has 4 atom stereocenters. The van der Waals surface area contributed by atoms with Crippen LogP contribution in [0.3, 0.4) is 0 Å². The van der Waals surface area contributed by atoms with Gasteiger partial charge < -0.3 is 24.6 Å². The number of carbonyl (C=O) groups is 1. The van der Waals surface area contributed by atoms with Gasteiger partial charge in [-0.1, -0.05) is 105 Å². The molecule has 6 aromatic rings. The first kappa shape index (κ1) is 39.1. The summed E-state index contributed by atoms with van der Waals surface area (Å²) >= 11 is 33.7.